The molecule has 0 fully saturated rings. The molecule has 0 bridgehead atoms. The molecule has 0 radical (unpaired) electrons. The second-order valence-corrected chi connectivity index (χ2v) is 4.84. The highest BCUT2D eigenvalue weighted by Crippen LogP contribution is 2.15. The molecule has 4 nitrogen and oxygen atoms in total. The lowest BCUT2D eigenvalue weighted by Crippen LogP contribution is -2.33. The Kier molecular flexibility index (Phi) is 5.00. The highest BCUT2D eigenvalue weighted by molar-refractivity contribution is 5.99. The van der Waals surface area contributed by atoms with Crippen LogP contribution in [0, 0.1) is 24.4 Å². The molecule has 0 unspecified atom stereocenters. The first-order valence-corrected chi connectivity index (χ1v) is 6.66. The van der Waals surface area contributed by atoms with Crippen molar-refractivity contribution in [3.05, 3.63) is 65.0 Å². The van der Waals surface area contributed by atoms with Crippen LogP contribution in [0.4, 0.5) is 18.9 Å². The lowest BCUT2D eigenvalue weighted by atomic mass is 10.2. The molecule has 2 N–H and O–H groups in total. The summed E-state index contributed by atoms with van der Waals surface area (Å²) in [5.74, 6) is -4.00. The van der Waals surface area contributed by atoms with Gasteiger partial charge in [0.15, 0.2) is 0 Å². The van der Waals surface area contributed by atoms with Gasteiger partial charge in [-0.25, -0.2) is 13.2 Å². The first-order chi connectivity index (χ1) is 10.9. The molecule has 0 aromatic heterocycles. The van der Waals surface area contributed by atoms with Gasteiger partial charge in [0.25, 0.3) is 5.91 Å². The minimum Gasteiger partial charge on any atom is -0.343 e. The van der Waals surface area contributed by atoms with Gasteiger partial charge in [0.2, 0.25) is 5.91 Å². The van der Waals surface area contributed by atoms with Gasteiger partial charge in [0, 0.05) is 6.07 Å². The maximum Gasteiger partial charge on any atom is 0.254 e. The maximum atomic E-state index is 13.6. The van der Waals surface area contributed by atoms with Crippen molar-refractivity contribution in [3.8, 4) is 0 Å². The van der Waals surface area contributed by atoms with Crippen LogP contribution in [0.2, 0.25) is 0 Å². The van der Waals surface area contributed by atoms with Gasteiger partial charge in [0.05, 0.1) is 17.8 Å². The number of amides is 2. The molecular weight excluding hydrogens is 309 g/mol. The number of halogens is 3. The lowest BCUT2D eigenvalue weighted by molar-refractivity contribution is -0.115. The molecule has 2 aromatic carbocycles. The van der Waals surface area contributed by atoms with Crippen LogP contribution in [0.1, 0.15) is 15.9 Å². The number of hydrogen-bond acceptors (Lipinski definition) is 2. The average molecular weight is 322 g/mol. The normalized spacial score (nSPS) is 10.3. The molecule has 0 heterocycles. The van der Waals surface area contributed by atoms with Gasteiger partial charge in [-0.2, -0.15) is 0 Å². The molecule has 0 aliphatic rings. The monoisotopic (exact) mass is 322 g/mol. The van der Waals surface area contributed by atoms with Crippen LogP contribution in [0.5, 0.6) is 0 Å². The van der Waals surface area contributed by atoms with Gasteiger partial charge < -0.3 is 10.6 Å². The van der Waals surface area contributed by atoms with Crippen molar-refractivity contribution in [2.75, 3.05) is 11.9 Å². The third kappa shape index (κ3) is 4.32. The van der Waals surface area contributed by atoms with Crippen LogP contribution >= 0.6 is 0 Å². The summed E-state index contributed by atoms with van der Waals surface area (Å²) in [5.41, 5.74) is 0.282. The second-order valence-electron chi connectivity index (χ2n) is 4.84. The quantitative estimate of drug-likeness (QED) is 0.909. The number of carbonyl (C=O) groups excluding carboxylic acids is 2. The molecule has 7 heteroatoms. The van der Waals surface area contributed by atoms with E-state index in [0.29, 0.717) is 11.6 Å². The summed E-state index contributed by atoms with van der Waals surface area (Å²) in [7, 11) is 0. The first kappa shape index (κ1) is 16.5. The number of aryl methyl sites for hydroxylation is 1. The summed E-state index contributed by atoms with van der Waals surface area (Å²) in [5, 5.41) is 4.46. The van der Waals surface area contributed by atoms with Crippen molar-refractivity contribution in [1.29, 1.82) is 0 Å². The predicted octanol–water partition coefficient (Wildman–Crippen LogP) is 2.78. The number of anilines is 1. The third-order valence-corrected chi connectivity index (χ3v) is 2.98. The van der Waals surface area contributed by atoms with E-state index in [1.54, 1.807) is 13.0 Å². The Hall–Kier alpha value is -2.83. The number of hydrogen-bond donors (Lipinski definition) is 2. The summed E-state index contributed by atoms with van der Waals surface area (Å²) in [6.45, 7) is 1.22. The Labute approximate surface area is 130 Å². The van der Waals surface area contributed by atoms with Crippen LogP contribution < -0.4 is 10.6 Å². The molecule has 2 amide bonds. The van der Waals surface area contributed by atoms with Crippen LogP contribution in [0.25, 0.3) is 0 Å². The van der Waals surface area contributed by atoms with Gasteiger partial charge in [-0.3, -0.25) is 9.59 Å². The van der Waals surface area contributed by atoms with E-state index in [1.165, 1.54) is 12.1 Å². The second kappa shape index (κ2) is 6.95. The Morgan fingerprint density at radius 2 is 1.74 bits per heavy atom. The van der Waals surface area contributed by atoms with Crippen LogP contribution in [-0.2, 0) is 4.79 Å². The number of rotatable bonds is 4. The molecule has 0 saturated carbocycles. The number of nitrogens with one attached hydrogen (secondary N) is 2. The predicted molar refractivity (Wildman–Crippen MR) is 78.5 cm³/mol. The van der Waals surface area contributed by atoms with Crippen molar-refractivity contribution >= 4 is 17.5 Å². The largest absolute Gasteiger partial charge is 0.343 e. The highest BCUT2D eigenvalue weighted by Gasteiger charge is 2.14. The van der Waals surface area contributed by atoms with E-state index in [9.17, 15) is 22.8 Å². The highest BCUT2D eigenvalue weighted by atomic mass is 19.1. The summed E-state index contributed by atoms with van der Waals surface area (Å²) < 4.78 is 39.8. The summed E-state index contributed by atoms with van der Waals surface area (Å²) in [6.07, 6.45) is 0. The molecule has 0 aliphatic heterocycles. The Morgan fingerprint density at radius 1 is 1.00 bits per heavy atom. The zero-order valence-corrected chi connectivity index (χ0v) is 12.1. The molecule has 23 heavy (non-hydrogen) atoms. The van der Waals surface area contributed by atoms with Crippen molar-refractivity contribution in [2.24, 2.45) is 0 Å². The fourth-order valence-electron chi connectivity index (χ4n) is 1.85. The van der Waals surface area contributed by atoms with E-state index in [1.807, 2.05) is 0 Å². The molecular formula is C16H13F3N2O2. The Balaban J connectivity index is 1.94. The van der Waals surface area contributed by atoms with E-state index in [0.717, 1.165) is 12.1 Å². The molecule has 0 aliphatic carbocycles. The number of carbonyl (C=O) groups is 2. The summed E-state index contributed by atoms with van der Waals surface area (Å²) in [6, 6.07) is 6.73. The summed E-state index contributed by atoms with van der Waals surface area (Å²) >= 11 is 0. The fourth-order valence-corrected chi connectivity index (χ4v) is 1.85. The van der Waals surface area contributed by atoms with E-state index >= 15 is 0 Å². The van der Waals surface area contributed by atoms with Gasteiger partial charge >= 0.3 is 0 Å². The molecule has 0 spiro atoms. The average Bonchev–Trinajstić information content (AvgIpc) is 2.48. The molecule has 2 aromatic rings. The molecule has 2 rings (SSSR count). The standard InChI is InChI=1S/C16H13F3N2O2/c1-9-2-5-14(13(19)6-9)21-15(22)8-20-16(23)11-4-3-10(17)7-12(11)18/h2-7H,8H2,1H3,(H,20,23)(H,21,22). The zero-order chi connectivity index (χ0) is 17.0. The smallest absolute Gasteiger partial charge is 0.254 e. The number of benzene rings is 2. The van der Waals surface area contributed by atoms with Gasteiger partial charge in [-0.05, 0) is 36.8 Å². The van der Waals surface area contributed by atoms with Gasteiger partial charge in [-0.15, -0.1) is 0 Å². The minimum absolute atomic E-state index is 0.0252. The zero-order valence-electron chi connectivity index (χ0n) is 12.1. The van der Waals surface area contributed by atoms with Crippen molar-refractivity contribution in [1.82, 2.24) is 5.32 Å². The van der Waals surface area contributed by atoms with Crippen molar-refractivity contribution < 1.29 is 22.8 Å². The van der Waals surface area contributed by atoms with Crippen LogP contribution in [0.15, 0.2) is 36.4 Å². The van der Waals surface area contributed by atoms with Crippen LogP contribution in [-0.4, -0.2) is 18.4 Å². The van der Waals surface area contributed by atoms with Gasteiger partial charge in [-0.1, -0.05) is 6.07 Å². The van der Waals surface area contributed by atoms with E-state index in [-0.39, 0.29) is 11.3 Å². The Bertz CT molecular complexity index is 763. The molecule has 0 atom stereocenters. The SMILES string of the molecule is Cc1ccc(NC(=O)CNC(=O)c2ccc(F)cc2F)c(F)c1. The fraction of sp³-hybridized carbons (Fsp3) is 0.125. The molecule has 0 saturated heterocycles. The van der Waals surface area contributed by atoms with Crippen molar-refractivity contribution in [3.63, 3.8) is 0 Å². The van der Waals surface area contributed by atoms with Crippen LogP contribution in [0.3, 0.4) is 0 Å². The minimum atomic E-state index is -1.03. The summed E-state index contributed by atoms with van der Waals surface area (Å²) in [4.78, 5) is 23.4. The Morgan fingerprint density at radius 3 is 2.39 bits per heavy atom. The van der Waals surface area contributed by atoms with Crippen molar-refractivity contribution in [2.45, 2.75) is 6.92 Å². The third-order valence-electron chi connectivity index (χ3n) is 2.98. The maximum absolute atomic E-state index is 13.6. The lowest BCUT2D eigenvalue weighted by Gasteiger charge is -2.08. The van der Waals surface area contributed by atoms with E-state index in [4.69, 9.17) is 0 Å². The van der Waals surface area contributed by atoms with E-state index < -0.39 is 35.8 Å². The van der Waals surface area contributed by atoms with Gasteiger partial charge in [0.1, 0.15) is 17.5 Å². The van der Waals surface area contributed by atoms with E-state index in [2.05, 4.69) is 10.6 Å². The molecule has 120 valence electrons. The topological polar surface area (TPSA) is 58.2 Å². The first-order valence-electron chi connectivity index (χ1n) is 6.66.